The molecule has 0 saturated carbocycles. The number of hydrogen-bond acceptors (Lipinski definition) is 7. The summed E-state index contributed by atoms with van der Waals surface area (Å²) in [6, 6.07) is 18.4. The molecule has 0 fully saturated rings. The lowest BCUT2D eigenvalue weighted by molar-refractivity contribution is -0.139. The van der Waals surface area contributed by atoms with Gasteiger partial charge < -0.3 is 26.0 Å². The first-order valence-corrected chi connectivity index (χ1v) is 14.5. The van der Waals surface area contributed by atoms with E-state index in [4.69, 9.17) is 32.5 Å². The van der Waals surface area contributed by atoms with Gasteiger partial charge in [-0.25, -0.2) is 4.39 Å². The maximum Gasteiger partial charge on any atom is 0.322 e. The first kappa shape index (κ1) is 31.3. The van der Waals surface area contributed by atoms with Gasteiger partial charge in [-0.3, -0.25) is 20.1 Å². The molecule has 230 valence electrons. The van der Waals surface area contributed by atoms with Crippen LogP contribution in [0, 0.1) is 17.1 Å². The van der Waals surface area contributed by atoms with Gasteiger partial charge in [-0.15, -0.1) is 0 Å². The third-order valence-electron chi connectivity index (χ3n) is 7.38. The van der Waals surface area contributed by atoms with E-state index in [9.17, 15) is 19.6 Å². The van der Waals surface area contributed by atoms with Gasteiger partial charge >= 0.3 is 5.97 Å². The molecule has 6 N–H and O–H groups in total. The average Bonchev–Trinajstić information content (AvgIpc) is 3.44. The van der Waals surface area contributed by atoms with Crippen molar-refractivity contribution in [3.05, 3.63) is 112 Å². The molecule has 0 spiro atoms. The van der Waals surface area contributed by atoms with Crippen LogP contribution in [0.25, 0.3) is 11.1 Å². The highest BCUT2D eigenvalue weighted by Gasteiger charge is 2.28. The molecule has 12 heteroatoms. The summed E-state index contributed by atoms with van der Waals surface area (Å²) >= 11 is 6.72. The quantitative estimate of drug-likeness (QED) is 0.126. The van der Waals surface area contributed by atoms with Crippen LogP contribution in [0.15, 0.2) is 78.0 Å². The number of pyridine rings is 1. The zero-order valence-electron chi connectivity index (χ0n) is 24.0. The highest BCUT2D eigenvalue weighted by molar-refractivity contribution is 6.32. The molecule has 0 amide bonds. The predicted molar refractivity (Wildman–Crippen MR) is 167 cm³/mol. The number of benzene rings is 3. The van der Waals surface area contributed by atoms with Crippen molar-refractivity contribution in [3.8, 4) is 28.7 Å². The molecule has 45 heavy (non-hydrogen) atoms. The molecule has 1 aliphatic carbocycles. The minimum Gasteiger partial charge on any atom is -0.488 e. The van der Waals surface area contributed by atoms with Crippen molar-refractivity contribution in [1.29, 1.82) is 5.26 Å². The molecule has 1 heterocycles. The summed E-state index contributed by atoms with van der Waals surface area (Å²) in [7, 11) is 0. The van der Waals surface area contributed by atoms with E-state index >= 15 is 0 Å². The molecule has 10 nitrogen and oxygen atoms in total. The second kappa shape index (κ2) is 14.1. The van der Waals surface area contributed by atoms with E-state index < -0.39 is 12.0 Å². The minimum atomic E-state index is -1.14. The van der Waals surface area contributed by atoms with Crippen LogP contribution in [0.4, 0.5) is 4.39 Å². The van der Waals surface area contributed by atoms with Gasteiger partial charge in [0, 0.05) is 41.7 Å². The van der Waals surface area contributed by atoms with Crippen molar-refractivity contribution in [2.75, 3.05) is 6.54 Å². The molecular formula is C33H30ClFN6O4. The zero-order chi connectivity index (χ0) is 31.9. The van der Waals surface area contributed by atoms with E-state index in [1.807, 2.05) is 24.3 Å². The van der Waals surface area contributed by atoms with Crippen molar-refractivity contribution in [3.63, 3.8) is 0 Å². The Morgan fingerprint density at radius 1 is 1.16 bits per heavy atom. The first-order valence-electron chi connectivity index (χ1n) is 14.1. The van der Waals surface area contributed by atoms with Gasteiger partial charge in [0.15, 0.2) is 5.96 Å². The van der Waals surface area contributed by atoms with Crippen molar-refractivity contribution >= 4 is 23.5 Å². The molecule has 0 aliphatic heterocycles. The number of carboxylic acid groups (broad SMARTS) is 1. The summed E-state index contributed by atoms with van der Waals surface area (Å²) < 4.78 is 27.3. The maximum absolute atomic E-state index is 14.7. The Balaban J connectivity index is 1.43. The van der Waals surface area contributed by atoms with E-state index in [0.29, 0.717) is 51.6 Å². The Kier molecular flexibility index (Phi) is 9.77. The fraction of sp³-hybridized carbons (Fsp3) is 0.212. The fourth-order valence-corrected chi connectivity index (χ4v) is 5.44. The van der Waals surface area contributed by atoms with Gasteiger partial charge in [0.1, 0.15) is 42.1 Å². The Bertz CT molecular complexity index is 1790. The number of nitrogens with two attached hydrogens (primary N) is 2. The molecule has 1 aliphatic rings. The summed E-state index contributed by atoms with van der Waals surface area (Å²) in [6.07, 6.45) is 4.06. The van der Waals surface area contributed by atoms with Crippen molar-refractivity contribution in [2.45, 2.75) is 38.1 Å². The molecule has 0 saturated heterocycles. The summed E-state index contributed by atoms with van der Waals surface area (Å²) in [5.74, 6) is -0.900. The first-order chi connectivity index (χ1) is 21.7. The molecule has 4 aromatic rings. The summed E-state index contributed by atoms with van der Waals surface area (Å²) in [6.45, 7) is -0.0440. The molecule has 0 unspecified atom stereocenters. The van der Waals surface area contributed by atoms with Crippen molar-refractivity contribution < 1.29 is 23.8 Å². The predicted octanol–water partition coefficient (Wildman–Crippen LogP) is 4.87. The number of nitrogens with one attached hydrogen (secondary N) is 1. The number of aliphatic carboxylic acids is 1. The zero-order valence-corrected chi connectivity index (χ0v) is 24.8. The molecule has 1 aromatic heterocycles. The van der Waals surface area contributed by atoms with Gasteiger partial charge in [0.05, 0.1) is 17.1 Å². The van der Waals surface area contributed by atoms with Crippen LogP contribution < -0.4 is 26.3 Å². The second-order valence-electron chi connectivity index (χ2n) is 10.4. The van der Waals surface area contributed by atoms with E-state index in [0.717, 1.165) is 16.7 Å². The second-order valence-corrected chi connectivity index (χ2v) is 10.8. The van der Waals surface area contributed by atoms with Gasteiger partial charge in [0.2, 0.25) is 0 Å². The number of hydrogen-bond donors (Lipinski definition) is 4. The number of carbonyl (C=O) groups is 1. The van der Waals surface area contributed by atoms with E-state index in [-0.39, 0.29) is 37.6 Å². The van der Waals surface area contributed by atoms with Gasteiger partial charge in [-0.05, 0) is 47.7 Å². The maximum atomic E-state index is 14.7. The number of halogens is 2. The monoisotopic (exact) mass is 628 g/mol. The van der Waals surface area contributed by atoms with E-state index in [2.05, 4.69) is 21.4 Å². The number of aromatic nitrogens is 1. The van der Waals surface area contributed by atoms with Crippen LogP contribution >= 0.6 is 11.6 Å². The number of aliphatic imine (C=N–C) groups is 1. The third-order valence-corrected chi connectivity index (χ3v) is 7.67. The number of fused-ring (bicyclic) bond motifs is 1. The minimum absolute atomic E-state index is 0.0566. The van der Waals surface area contributed by atoms with Crippen LogP contribution in [-0.2, 0) is 24.4 Å². The summed E-state index contributed by atoms with van der Waals surface area (Å²) in [4.78, 5) is 19.7. The van der Waals surface area contributed by atoms with Crippen molar-refractivity contribution in [2.24, 2.45) is 16.5 Å². The molecular weight excluding hydrogens is 599 g/mol. The highest BCUT2D eigenvalue weighted by atomic mass is 35.5. The lowest BCUT2D eigenvalue weighted by Gasteiger charge is -2.20. The van der Waals surface area contributed by atoms with Crippen LogP contribution in [0.5, 0.6) is 11.5 Å². The summed E-state index contributed by atoms with van der Waals surface area (Å²) in [5.41, 5.74) is 15.7. The smallest absolute Gasteiger partial charge is 0.322 e. The van der Waals surface area contributed by atoms with Crippen LogP contribution in [0.3, 0.4) is 0 Å². The number of nitriles is 1. The lowest BCUT2D eigenvalue weighted by Crippen LogP contribution is -2.40. The Morgan fingerprint density at radius 3 is 2.71 bits per heavy atom. The molecule has 3 aromatic carbocycles. The number of carboxylic acids is 1. The van der Waals surface area contributed by atoms with Gasteiger partial charge in [-0.2, -0.15) is 5.26 Å². The van der Waals surface area contributed by atoms with Crippen molar-refractivity contribution in [1.82, 2.24) is 10.3 Å². The van der Waals surface area contributed by atoms with Gasteiger partial charge in [0.25, 0.3) is 0 Å². The topological polar surface area (TPSA) is 169 Å². The molecule has 0 bridgehead atoms. The number of guanidine groups is 1. The number of nitrogens with zero attached hydrogens (tertiary/aromatic N) is 3. The van der Waals surface area contributed by atoms with Gasteiger partial charge in [-0.1, -0.05) is 48.0 Å². The standard InChI is InChI=1S/C33H30ClFN6O4/c34-26-11-21(16-40-28(32(42)43)17-41-33(37)38)30(44-18-20-10-19(13-36)14-39-15-20)12-31(26)45-29-9-8-23-22(5-3-6-25(23)29)24-4-1-2-7-27(24)35/h1-7,10-12,14-15,28-29,40H,8-9,16-18H2,(H,42,43)(H4,37,38,41)/t28-,29-/m0/s1. The lowest BCUT2D eigenvalue weighted by atomic mass is 9.96. The normalized spacial score (nSPS) is 14.2. The molecule has 5 rings (SSSR count). The Hall–Kier alpha value is -5.18. The largest absolute Gasteiger partial charge is 0.488 e. The van der Waals surface area contributed by atoms with E-state index in [1.165, 1.54) is 12.3 Å². The third kappa shape index (κ3) is 7.49. The van der Waals surface area contributed by atoms with Crippen LogP contribution in [0.2, 0.25) is 5.02 Å². The Labute approximate surface area is 264 Å². The van der Waals surface area contributed by atoms with E-state index in [1.54, 1.807) is 36.5 Å². The highest BCUT2D eigenvalue weighted by Crippen LogP contribution is 2.43. The fourth-order valence-electron chi connectivity index (χ4n) is 5.21. The van der Waals surface area contributed by atoms with Crippen LogP contribution in [-0.4, -0.2) is 34.6 Å². The average molecular weight is 629 g/mol. The van der Waals surface area contributed by atoms with Crippen LogP contribution in [0.1, 0.15) is 40.3 Å². The summed E-state index contributed by atoms with van der Waals surface area (Å²) in [5, 5.41) is 22.1. The molecule has 0 radical (unpaired) electrons. The number of rotatable bonds is 12. The SMILES string of the molecule is N#Cc1cncc(COc2cc(O[C@H]3CCc4c(-c5ccccc5F)cccc43)c(Cl)cc2CN[C@@H](CN=C(N)N)C(=O)O)c1. The molecule has 2 atom stereocenters. The number of ether oxygens (including phenoxy) is 2. The Morgan fingerprint density at radius 2 is 1.96 bits per heavy atom.